The lowest BCUT2D eigenvalue weighted by molar-refractivity contribution is -0.132. The number of hydrogen-bond donors (Lipinski definition) is 1. The van der Waals surface area contributed by atoms with Crippen LogP contribution in [0.1, 0.15) is 19.8 Å². The van der Waals surface area contributed by atoms with Gasteiger partial charge in [-0.25, -0.2) is 8.42 Å². The van der Waals surface area contributed by atoms with Crippen LogP contribution in [0.3, 0.4) is 0 Å². The van der Waals surface area contributed by atoms with Crippen molar-refractivity contribution in [2.24, 2.45) is 11.7 Å². The van der Waals surface area contributed by atoms with Gasteiger partial charge in [0.2, 0.25) is 5.91 Å². The van der Waals surface area contributed by atoms with Crippen molar-refractivity contribution in [3.8, 4) is 0 Å². The Morgan fingerprint density at radius 1 is 1.50 bits per heavy atom. The van der Waals surface area contributed by atoms with Gasteiger partial charge in [-0.1, -0.05) is 6.92 Å². The highest BCUT2D eigenvalue weighted by atomic mass is 32.2. The third-order valence-electron chi connectivity index (χ3n) is 3.06. The Morgan fingerprint density at radius 2 is 2.12 bits per heavy atom. The van der Waals surface area contributed by atoms with Gasteiger partial charge < -0.3 is 10.6 Å². The summed E-state index contributed by atoms with van der Waals surface area (Å²) in [7, 11) is -3.06. The molecule has 0 radical (unpaired) electrons. The molecule has 1 rings (SSSR count). The molecule has 0 aromatic carbocycles. The van der Waals surface area contributed by atoms with Crippen molar-refractivity contribution in [2.75, 3.05) is 25.1 Å². The molecule has 0 aromatic rings. The lowest BCUT2D eigenvalue weighted by Crippen LogP contribution is -2.49. The number of nitrogens with zero attached hydrogens (tertiary/aromatic N) is 1. The SMILES string of the molecule is CC1CCN(C(=O)CCS(C)(=O)=O)CC1N. The van der Waals surface area contributed by atoms with Gasteiger partial charge in [-0.05, 0) is 12.3 Å². The molecule has 1 aliphatic heterocycles. The second kappa shape index (κ2) is 5.14. The molecule has 5 nitrogen and oxygen atoms in total. The van der Waals surface area contributed by atoms with E-state index in [1.807, 2.05) is 0 Å². The average Bonchev–Trinajstić information content (AvgIpc) is 2.17. The van der Waals surface area contributed by atoms with Gasteiger partial charge in [-0.2, -0.15) is 0 Å². The van der Waals surface area contributed by atoms with E-state index in [1.54, 1.807) is 4.90 Å². The van der Waals surface area contributed by atoms with Crippen LogP contribution in [-0.4, -0.2) is 50.4 Å². The van der Waals surface area contributed by atoms with Crippen molar-refractivity contribution in [3.63, 3.8) is 0 Å². The van der Waals surface area contributed by atoms with Crippen LogP contribution in [0.25, 0.3) is 0 Å². The number of piperidine rings is 1. The number of amides is 1. The van der Waals surface area contributed by atoms with Gasteiger partial charge in [0.05, 0.1) is 5.75 Å². The summed E-state index contributed by atoms with van der Waals surface area (Å²) in [6, 6.07) is 0.0101. The largest absolute Gasteiger partial charge is 0.341 e. The van der Waals surface area contributed by atoms with E-state index in [-0.39, 0.29) is 24.1 Å². The first-order chi connectivity index (χ1) is 7.29. The molecule has 94 valence electrons. The summed E-state index contributed by atoms with van der Waals surface area (Å²) in [5.74, 6) is 0.249. The third-order valence-corrected chi connectivity index (χ3v) is 4.00. The molecule has 1 fully saturated rings. The van der Waals surface area contributed by atoms with Gasteiger partial charge in [-0.3, -0.25) is 4.79 Å². The van der Waals surface area contributed by atoms with Crippen molar-refractivity contribution in [1.29, 1.82) is 0 Å². The lowest BCUT2D eigenvalue weighted by Gasteiger charge is -2.35. The second-order valence-electron chi connectivity index (χ2n) is 4.65. The van der Waals surface area contributed by atoms with E-state index in [1.165, 1.54) is 0 Å². The highest BCUT2D eigenvalue weighted by molar-refractivity contribution is 7.90. The quantitative estimate of drug-likeness (QED) is 0.738. The maximum atomic E-state index is 11.7. The maximum absolute atomic E-state index is 11.7. The number of likely N-dealkylation sites (tertiary alicyclic amines) is 1. The fourth-order valence-corrected chi connectivity index (χ4v) is 2.30. The summed E-state index contributed by atoms with van der Waals surface area (Å²) >= 11 is 0. The van der Waals surface area contributed by atoms with E-state index < -0.39 is 9.84 Å². The first-order valence-electron chi connectivity index (χ1n) is 5.50. The predicted molar refractivity (Wildman–Crippen MR) is 62.7 cm³/mol. The highest BCUT2D eigenvalue weighted by Crippen LogP contribution is 2.16. The Labute approximate surface area is 96.9 Å². The van der Waals surface area contributed by atoms with Gasteiger partial charge in [0.25, 0.3) is 0 Å². The number of sulfone groups is 1. The molecule has 6 heteroatoms. The van der Waals surface area contributed by atoms with E-state index in [9.17, 15) is 13.2 Å². The molecule has 0 aromatic heterocycles. The monoisotopic (exact) mass is 248 g/mol. The van der Waals surface area contributed by atoms with Gasteiger partial charge in [-0.15, -0.1) is 0 Å². The molecular formula is C10H20N2O3S. The second-order valence-corrected chi connectivity index (χ2v) is 6.91. The van der Waals surface area contributed by atoms with Crippen LogP contribution in [0.15, 0.2) is 0 Å². The molecule has 0 saturated carbocycles. The average molecular weight is 248 g/mol. The van der Waals surface area contributed by atoms with Crippen LogP contribution in [0.5, 0.6) is 0 Å². The van der Waals surface area contributed by atoms with Gasteiger partial charge in [0.1, 0.15) is 9.84 Å². The van der Waals surface area contributed by atoms with E-state index in [4.69, 9.17) is 5.73 Å². The number of hydrogen-bond acceptors (Lipinski definition) is 4. The van der Waals surface area contributed by atoms with Crippen molar-refractivity contribution in [1.82, 2.24) is 4.90 Å². The maximum Gasteiger partial charge on any atom is 0.223 e. The summed E-state index contributed by atoms with van der Waals surface area (Å²) in [4.78, 5) is 13.4. The Kier molecular flexibility index (Phi) is 4.32. The van der Waals surface area contributed by atoms with Gasteiger partial charge in [0.15, 0.2) is 0 Å². The summed E-state index contributed by atoms with van der Waals surface area (Å²) < 4.78 is 21.9. The zero-order valence-electron chi connectivity index (χ0n) is 9.85. The molecule has 0 spiro atoms. The van der Waals surface area contributed by atoms with Crippen molar-refractivity contribution in [2.45, 2.75) is 25.8 Å². The van der Waals surface area contributed by atoms with E-state index in [0.717, 1.165) is 12.7 Å². The van der Waals surface area contributed by atoms with Crippen LogP contribution >= 0.6 is 0 Å². The number of carbonyl (C=O) groups is 1. The van der Waals surface area contributed by atoms with Crippen molar-refractivity contribution < 1.29 is 13.2 Å². The molecule has 1 aliphatic rings. The molecule has 1 saturated heterocycles. The number of nitrogens with two attached hydrogens (primary N) is 1. The summed E-state index contributed by atoms with van der Waals surface area (Å²) in [6.45, 7) is 3.31. The minimum absolute atomic E-state index is 0.0101. The third kappa shape index (κ3) is 4.09. The Bertz CT molecular complexity index is 353. The smallest absolute Gasteiger partial charge is 0.223 e. The summed E-state index contributed by atoms with van der Waals surface area (Å²) in [5, 5.41) is 0. The van der Waals surface area contributed by atoms with Gasteiger partial charge in [0, 0.05) is 31.8 Å². The molecule has 2 unspecified atom stereocenters. The first kappa shape index (κ1) is 13.4. The van der Waals surface area contributed by atoms with E-state index in [2.05, 4.69) is 6.92 Å². The fraction of sp³-hybridized carbons (Fsp3) is 0.900. The first-order valence-corrected chi connectivity index (χ1v) is 7.57. The van der Waals surface area contributed by atoms with Crippen LogP contribution in [-0.2, 0) is 14.6 Å². The zero-order chi connectivity index (χ0) is 12.3. The predicted octanol–water partition coefficient (Wildman–Crippen LogP) is -0.383. The Hall–Kier alpha value is -0.620. The number of rotatable bonds is 3. The molecule has 2 N–H and O–H groups in total. The van der Waals surface area contributed by atoms with E-state index in [0.29, 0.717) is 19.0 Å². The Balaban J connectivity index is 2.44. The Morgan fingerprint density at radius 3 is 2.62 bits per heavy atom. The zero-order valence-corrected chi connectivity index (χ0v) is 10.7. The molecule has 1 heterocycles. The van der Waals surface area contributed by atoms with E-state index >= 15 is 0 Å². The summed E-state index contributed by atoms with van der Waals surface area (Å²) in [6.07, 6.45) is 2.11. The van der Waals surface area contributed by atoms with Crippen LogP contribution in [0.4, 0.5) is 0 Å². The topological polar surface area (TPSA) is 80.5 Å². The van der Waals surface area contributed by atoms with Gasteiger partial charge >= 0.3 is 0 Å². The van der Waals surface area contributed by atoms with Crippen molar-refractivity contribution in [3.05, 3.63) is 0 Å². The minimum atomic E-state index is -3.06. The molecular weight excluding hydrogens is 228 g/mol. The van der Waals surface area contributed by atoms with Crippen LogP contribution in [0, 0.1) is 5.92 Å². The van der Waals surface area contributed by atoms with Crippen LogP contribution < -0.4 is 5.73 Å². The normalized spacial score (nSPS) is 26.8. The fourth-order valence-electron chi connectivity index (χ4n) is 1.76. The molecule has 2 atom stereocenters. The standard InChI is InChI=1S/C10H20N2O3S/c1-8-3-5-12(7-9(8)11)10(13)4-6-16(2,14)15/h8-9H,3-7,11H2,1-2H3. The molecule has 1 amide bonds. The van der Waals surface area contributed by atoms with Crippen LogP contribution in [0.2, 0.25) is 0 Å². The minimum Gasteiger partial charge on any atom is -0.341 e. The molecule has 16 heavy (non-hydrogen) atoms. The highest BCUT2D eigenvalue weighted by Gasteiger charge is 2.26. The molecule has 0 aliphatic carbocycles. The van der Waals surface area contributed by atoms with Crippen molar-refractivity contribution >= 4 is 15.7 Å². The summed E-state index contributed by atoms with van der Waals surface area (Å²) in [5.41, 5.74) is 5.88. The number of carbonyl (C=O) groups excluding carboxylic acids is 1. The molecule has 0 bridgehead atoms. The lowest BCUT2D eigenvalue weighted by atomic mass is 9.94.